The molecular weight excluding hydrogens is 390 g/mol. The summed E-state index contributed by atoms with van der Waals surface area (Å²) in [5.41, 5.74) is 4.81. The Bertz CT molecular complexity index is 1080. The van der Waals surface area contributed by atoms with Crippen LogP contribution in [0.1, 0.15) is 42.5 Å². The van der Waals surface area contributed by atoms with Gasteiger partial charge in [0, 0.05) is 43.5 Å². The summed E-state index contributed by atoms with van der Waals surface area (Å²) < 4.78 is 7.27. The summed E-state index contributed by atoms with van der Waals surface area (Å²) in [5.74, 6) is 2.01. The molecule has 0 bridgehead atoms. The predicted molar refractivity (Wildman–Crippen MR) is 119 cm³/mol. The van der Waals surface area contributed by atoms with E-state index in [0.717, 1.165) is 61.4 Å². The largest absolute Gasteiger partial charge is 0.497 e. The first-order valence-electron chi connectivity index (χ1n) is 11.2. The van der Waals surface area contributed by atoms with Gasteiger partial charge in [0.25, 0.3) is 0 Å². The van der Waals surface area contributed by atoms with Crippen molar-refractivity contribution in [1.29, 1.82) is 0 Å². The second kappa shape index (κ2) is 8.57. The molecule has 1 aliphatic carbocycles. The van der Waals surface area contributed by atoms with Gasteiger partial charge < -0.3 is 15.0 Å². The normalized spacial score (nSPS) is 16.9. The van der Waals surface area contributed by atoms with E-state index in [1.807, 2.05) is 41.2 Å². The molecule has 1 aromatic carbocycles. The van der Waals surface area contributed by atoms with Crippen LogP contribution in [0.4, 0.5) is 5.82 Å². The van der Waals surface area contributed by atoms with E-state index in [9.17, 15) is 4.79 Å². The zero-order chi connectivity index (χ0) is 21.2. The molecule has 3 aromatic rings. The van der Waals surface area contributed by atoms with Gasteiger partial charge in [-0.25, -0.2) is 9.50 Å². The van der Waals surface area contributed by atoms with E-state index in [-0.39, 0.29) is 11.8 Å². The van der Waals surface area contributed by atoms with E-state index < -0.39 is 0 Å². The minimum Gasteiger partial charge on any atom is -0.497 e. The average molecular weight is 420 g/mol. The summed E-state index contributed by atoms with van der Waals surface area (Å²) >= 11 is 0. The second-order valence-corrected chi connectivity index (χ2v) is 8.51. The number of carbonyl (C=O) groups is 1. The fourth-order valence-corrected chi connectivity index (χ4v) is 4.85. The molecule has 5 rings (SSSR count). The maximum atomic E-state index is 12.7. The van der Waals surface area contributed by atoms with Crippen LogP contribution >= 0.6 is 0 Å². The quantitative estimate of drug-likeness (QED) is 0.688. The molecular formula is C24H29N5O2. The standard InChI is InChI=1S/C24H29N5O2/c1-31-19-6-4-5-17(15-19)16-26-24(30)18-9-12-28(13-10-18)23-22-20-7-2-3-8-21(20)27-29(22)14-11-25-23/h4-6,11,14-15,18H,2-3,7-10,12-13,16H2,1H3,(H,26,30). The first-order valence-corrected chi connectivity index (χ1v) is 11.2. The van der Waals surface area contributed by atoms with Crippen molar-refractivity contribution in [2.24, 2.45) is 5.92 Å². The van der Waals surface area contributed by atoms with E-state index >= 15 is 0 Å². The molecule has 162 valence electrons. The number of anilines is 1. The molecule has 0 saturated carbocycles. The summed E-state index contributed by atoms with van der Waals surface area (Å²) in [4.78, 5) is 19.8. The van der Waals surface area contributed by atoms with Crippen LogP contribution in [0.2, 0.25) is 0 Å². The molecule has 2 aromatic heterocycles. The zero-order valence-corrected chi connectivity index (χ0v) is 18.0. The third-order valence-electron chi connectivity index (χ3n) is 6.56. The molecule has 1 fully saturated rings. The highest BCUT2D eigenvalue weighted by Gasteiger charge is 2.28. The monoisotopic (exact) mass is 419 g/mol. The van der Waals surface area contributed by atoms with Crippen molar-refractivity contribution in [1.82, 2.24) is 19.9 Å². The van der Waals surface area contributed by atoms with Crippen LogP contribution in [-0.2, 0) is 24.2 Å². The van der Waals surface area contributed by atoms with Crippen molar-refractivity contribution < 1.29 is 9.53 Å². The van der Waals surface area contributed by atoms with Crippen LogP contribution in [-0.4, -0.2) is 40.7 Å². The summed E-state index contributed by atoms with van der Waals surface area (Å²) in [6.45, 7) is 2.20. The number of fused-ring (bicyclic) bond motifs is 3. The van der Waals surface area contributed by atoms with E-state index in [2.05, 4.69) is 10.2 Å². The molecule has 0 unspecified atom stereocenters. The third-order valence-corrected chi connectivity index (χ3v) is 6.56. The maximum absolute atomic E-state index is 12.7. The van der Waals surface area contributed by atoms with Gasteiger partial charge in [-0.3, -0.25) is 4.79 Å². The summed E-state index contributed by atoms with van der Waals surface area (Å²) in [7, 11) is 1.65. The average Bonchev–Trinajstić information content (AvgIpc) is 3.21. The Labute approximate surface area is 182 Å². The van der Waals surface area contributed by atoms with Crippen LogP contribution in [0.25, 0.3) is 5.52 Å². The van der Waals surface area contributed by atoms with E-state index in [0.29, 0.717) is 6.54 Å². The lowest BCUT2D eigenvalue weighted by molar-refractivity contribution is -0.125. The number of hydrogen-bond acceptors (Lipinski definition) is 5. The van der Waals surface area contributed by atoms with Crippen LogP contribution in [0.5, 0.6) is 5.75 Å². The number of methoxy groups -OCH3 is 1. The maximum Gasteiger partial charge on any atom is 0.223 e. The Hall–Kier alpha value is -3.09. The lowest BCUT2D eigenvalue weighted by Gasteiger charge is -2.32. The van der Waals surface area contributed by atoms with E-state index in [4.69, 9.17) is 14.8 Å². The number of amides is 1. The number of carbonyl (C=O) groups excluding carboxylic acids is 1. The van der Waals surface area contributed by atoms with Gasteiger partial charge in [-0.1, -0.05) is 12.1 Å². The number of nitrogens with one attached hydrogen (secondary N) is 1. The molecule has 7 nitrogen and oxygen atoms in total. The Balaban J connectivity index is 1.23. The fourth-order valence-electron chi connectivity index (χ4n) is 4.85. The number of rotatable bonds is 5. The van der Waals surface area contributed by atoms with Gasteiger partial charge in [-0.15, -0.1) is 0 Å². The minimum atomic E-state index is 0.0421. The van der Waals surface area contributed by atoms with Gasteiger partial charge in [0.1, 0.15) is 11.3 Å². The first-order chi connectivity index (χ1) is 15.2. The molecule has 1 N–H and O–H groups in total. The summed E-state index contributed by atoms with van der Waals surface area (Å²) in [6.07, 6.45) is 10.1. The van der Waals surface area contributed by atoms with Gasteiger partial charge in [0.15, 0.2) is 5.82 Å². The van der Waals surface area contributed by atoms with E-state index in [1.54, 1.807) is 7.11 Å². The number of benzene rings is 1. The molecule has 0 atom stereocenters. The smallest absolute Gasteiger partial charge is 0.223 e. The Morgan fingerprint density at radius 2 is 2.06 bits per heavy atom. The molecule has 1 amide bonds. The lowest BCUT2D eigenvalue weighted by atomic mass is 9.94. The first kappa shape index (κ1) is 19.8. The highest BCUT2D eigenvalue weighted by molar-refractivity contribution is 5.79. The van der Waals surface area contributed by atoms with Gasteiger partial charge in [0.05, 0.1) is 12.8 Å². The zero-order valence-electron chi connectivity index (χ0n) is 18.0. The number of aromatic nitrogens is 3. The summed E-state index contributed by atoms with van der Waals surface area (Å²) in [6, 6.07) is 7.82. The SMILES string of the molecule is COc1cccc(CNC(=O)C2CCN(c3nccn4nc5c(c34)CCCC5)CC2)c1. The Kier molecular flexibility index (Phi) is 5.49. The Morgan fingerprint density at radius 3 is 2.90 bits per heavy atom. The Morgan fingerprint density at radius 1 is 1.23 bits per heavy atom. The third kappa shape index (κ3) is 3.96. The van der Waals surface area contributed by atoms with Crippen LogP contribution in [0.15, 0.2) is 36.7 Å². The number of piperidine rings is 1. The lowest BCUT2D eigenvalue weighted by Crippen LogP contribution is -2.40. The fraction of sp³-hybridized carbons (Fsp3) is 0.458. The van der Waals surface area contributed by atoms with Crippen LogP contribution in [0.3, 0.4) is 0 Å². The molecule has 3 heterocycles. The molecule has 1 aliphatic heterocycles. The van der Waals surface area contributed by atoms with Crippen LogP contribution < -0.4 is 15.0 Å². The number of aryl methyl sites for hydroxylation is 2. The van der Waals surface area contributed by atoms with Crippen molar-refractivity contribution in [2.75, 3.05) is 25.1 Å². The highest BCUT2D eigenvalue weighted by Crippen LogP contribution is 2.32. The van der Waals surface area contributed by atoms with Crippen molar-refractivity contribution in [3.8, 4) is 5.75 Å². The second-order valence-electron chi connectivity index (χ2n) is 8.51. The van der Waals surface area contributed by atoms with Gasteiger partial charge in [0.2, 0.25) is 5.91 Å². The van der Waals surface area contributed by atoms with Crippen molar-refractivity contribution >= 4 is 17.2 Å². The van der Waals surface area contributed by atoms with Crippen molar-refractivity contribution in [3.05, 3.63) is 53.5 Å². The molecule has 2 aliphatic rings. The minimum absolute atomic E-state index is 0.0421. The highest BCUT2D eigenvalue weighted by atomic mass is 16.5. The topological polar surface area (TPSA) is 71.8 Å². The number of nitrogens with zero attached hydrogens (tertiary/aromatic N) is 4. The van der Waals surface area contributed by atoms with Crippen molar-refractivity contribution in [2.45, 2.75) is 45.1 Å². The van der Waals surface area contributed by atoms with E-state index in [1.165, 1.54) is 24.1 Å². The number of ether oxygens (including phenoxy) is 1. The van der Waals surface area contributed by atoms with Crippen LogP contribution in [0, 0.1) is 5.92 Å². The van der Waals surface area contributed by atoms with Gasteiger partial charge >= 0.3 is 0 Å². The molecule has 0 radical (unpaired) electrons. The van der Waals surface area contributed by atoms with Gasteiger partial charge in [-0.2, -0.15) is 5.10 Å². The number of hydrogen-bond donors (Lipinski definition) is 1. The van der Waals surface area contributed by atoms with Gasteiger partial charge in [-0.05, 0) is 56.2 Å². The molecule has 31 heavy (non-hydrogen) atoms. The molecule has 0 spiro atoms. The van der Waals surface area contributed by atoms with Crippen molar-refractivity contribution in [3.63, 3.8) is 0 Å². The predicted octanol–water partition coefficient (Wildman–Crippen LogP) is 3.15. The summed E-state index contributed by atoms with van der Waals surface area (Å²) in [5, 5.41) is 7.89. The molecule has 7 heteroatoms. The molecule has 1 saturated heterocycles.